The van der Waals surface area contributed by atoms with Gasteiger partial charge in [0.1, 0.15) is 10.4 Å². The van der Waals surface area contributed by atoms with Gasteiger partial charge in [0.15, 0.2) is 11.5 Å². The van der Waals surface area contributed by atoms with E-state index in [0.717, 1.165) is 11.8 Å². The molecule has 9 heteroatoms. The molecule has 1 heterocycles. The van der Waals surface area contributed by atoms with E-state index in [1.165, 1.54) is 11.0 Å². The molecule has 0 aromatic heterocycles. The van der Waals surface area contributed by atoms with E-state index >= 15 is 0 Å². The Morgan fingerprint density at radius 2 is 2.03 bits per heavy atom. The van der Waals surface area contributed by atoms with Crippen LogP contribution in [0.5, 0.6) is 11.5 Å². The molecule has 156 valence electrons. The number of thioether (sulfide) groups is 1. The second-order valence-electron chi connectivity index (χ2n) is 6.38. The Bertz CT molecular complexity index is 1020. The second-order valence-corrected chi connectivity index (χ2v) is 8.50. The molecule has 1 aliphatic rings. The number of anilines is 1. The number of carbonyl (C=O) groups is 2. The standard InChI is InChI=1S/C21H19ClN2O4S2/c1-3-28-17-10-13(4-9-16(17)25)11-18-20(27)24(21(29)30-18)12(2)19(26)23-15-7-5-14(22)6-8-15/h4-12,25H,3H2,1-2H3,(H,23,26)/b18-11-. The summed E-state index contributed by atoms with van der Waals surface area (Å²) in [7, 11) is 0. The minimum absolute atomic E-state index is 0.0223. The zero-order valence-electron chi connectivity index (χ0n) is 16.2. The number of aromatic hydroxyl groups is 1. The van der Waals surface area contributed by atoms with Gasteiger partial charge in [-0.15, -0.1) is 0 Å². The first-order valence-electron chi connectivity index (χ1n) is 9.09. The van der Waals surface area contributed by atoms with Crippen LogP contribution in [0.2, 0.25) is 5.02 Å². The highest BCUT2D eigenvalue weighted by atomic mass is 35.5. The first-order valence-corrected chi connectivity index (χ1v) is 10.7. The highest BCUT2D eigenvalue weighted by Crippen LogP contribution is 2.35. The van der Waals surface area contributed by atoms with Crippen molar-refractivity contribution in [2.45, 2.75) is 19.9 Å². The summed E-state index contributed by atoms with van der Waals surface area (Å²) < 4.78 is 5.68. The molecule has 0 bridgehead atoms. The summed E-state index contributed by atoms with van der Waals surface area (Å²) in [5.41, 5.74) is 1.25. The van der Waals surface area contributed by atoms with Crippen LogP contribution in [-0.4, -0.2) is 38.8 Å². The Labute approximate surface area is 188 Å². The molecule has 1 atom stereocenters. The summed E-state index contributed by atoms with van der Waals surface area (Å²) in [5, 5.41) is 13.1. The molecule has 0 saturated carbocycles. The third-order valence-electron chi connectivity index (χ3n) is 4.28. The summed E-state index contributed by atoms with van der Waals surface area (Å²) in [6.45, 7) is 3.83. The van der Waals surface area contributed by atoms with E-state index in [1.807, 2.05) is 6.92 Å². The van der Waals surface area contributed by atoms with Gasteiger partial charge in [0, 0.05) is 10.7 Å². The minimum atomic E-state index is -0.794. The molecule has 2 aromatic carbocycles. The number of amides is 2. The van der Waals surface area contributed by atoms with E-state index in [9.17, 15) is 14.7 Å². The molecule has 1 unspecified atom stereocenters. The molecule has 0 aliphatic carbocycles. The average molecular weight is 463 g/mol. The van der Waals surface area contributed by atoms with Crippen LogP contribution in [0.4, 0.5) is 5.69 Å². The predicted octanol–water partition coefficient (Wildman–Crippen LogP) is 4.67. The number of hydrogen-bond donors (Lipinski definition) is 2. The number of benzene rings is 2. The maximum absolute atomic E-state index is 12.9. The molecule has 1 saturated heterocycles. The number of nitrogens with one attached hydrogen (secondary N) is 1. The summed E-state index contributed by atoms with van der Waals surface area (Å²) >= 11 is 12.3. The van der Waals surface area contributed by atoms with Crippen molar-refractivity contribution >= 4 is 63.5 Å². The zero-order chi connectivity index (χ0) is 21.8. The van der Waals surface area contributed by atoms with Crippen LogP contribution in [-0.2, 0) is 9.59 Å². The van der Waals surface area contributed by atoms with Gasteiger partial charge in [-0.05, 0) is 61.9 Å². The number of nitrogens with zero attached hydrogens (tertiary/aromatic N) is 1. The van der Waals surface area contributed by atoms with Crippen LogP contribution in [0, 0.1) is 0 Å². The van der Waals surface area contributed by atoms with E-state index in [-0.39, 0.29) is 17.6 Å². The number of ether oxygens (including phenoxy) is 1. The normalized spacial score (nSPS) is 16.1. The number of thiocarbonyl (C=S) groups is 1. The van der Waals surface area contributed by atoms with Gasteiger partial charge in [0.2, 0.25) is 5.91 Å². The van der Waals surface area contributed by atoms with Gasteiger partial charge in [0.25, 0.3) is 5.91 Å². The van der Waals surface area contributed by atoms with Crippen LogP contribution in [0.1, 0.15) is 19.4 Å². The number of rotatable bonds is 6. The minimum Gasteiger partial charge on any atom is -0.504 e. The quantitative estimate of drug-likeness (QED) is 0.479. The van der Waals surface area contributed by atoms with Gasteiger partial charge < -0.3 is 15.2 Å². The smallest absolute Gasteiger partial charge is 0.266 e. The van der Waals surface area contributed by atoms with Crippen molar-refractivity contribution in [3.63, 3.8) is 0 Å². The largest absolute Gasteiger partial charge is 0.504 e. The lowest BCUT2D eigenvalue weighted by Gasteiger charge is -2.22. The Balaban J connectivity index is 1.76. The zero-order valence-corrected chi connectivity index (χ0v) is 18.6. The molecule has 6 nitrogen and oxygen atoms in total. The fourth-order valence-corrected chi connectivity index (χ4v) is 4.30. The lowest BCUT2D eigenvalue weighted by Crippen LogP contribution is -2.44. The Morgan fingerprint density at radius 1 is 1.33 bits per heavy atom. The molecule has 30 heavy (non-hydrogen) atoms. The van der Waals surface area contributed by atoms with Crippen LogP contribution < -0.4 is 10.1 Å². The van der Waals surface area contributed by atoms with Crippen molar-refractivity contribution in [2.75, 3.05) is 11.9 Å². The van der Waals surface area contributed by atoms with Gasteiger partial charge >= 0.3 is 0 Å². The van der Waals surface area contributed by atoms with Gasteiger partial charge in [-0.1, -0.05) is 41.6 Å². The van der Waals surface area contributed by atoms with E-state index in [0.29, 0.717) is 37.9 Å². The molecule has 2 amide bonds. The summed E-state index contributed by atoms with van der Waals surface area (Å²) in [4.78, 5) is 27.2. The Morgan fingerprint density at radius 3 is 2.70 bits per heavy atom. The third-order valence-corrected chi connectivity index (χ3v) is 5.87. The van der Waals surface area contributed by atoms with E-state index in [1.54, 1.807) is 49.4 Å². The number of phenolic OH excluding ortho intramolecular Hbond substituents is 1. The Kier molecular flexibility index (Phi) is 7.02. The summed E-state index contributed by atoms with van der Waals surface area (Å²) in [5.74, 6) is -0.362. The number of phenols is 1. The van der Waals surface area contributed by atoms with Crippen LogP contribution >= 0.6 is 35.6 Å². The molecule has 2 aromatic rings. The molecule has 1 aliphatic heterocycles. The van der Waals surface area contributed by atoms with Crippen molar-refractivity contribution in [3.05, 3.63) is 58.0 Å². The summed E-state index contributed by atoms with van der Waals surface area (Å²) in [6, 6.07) is 10.7. The van der Waals surface area contributed by atoms with Crippen molar-refractivity contribution in [1.82, 2.24) is 4.90 Å². The van der Waals surface area contributed by atoms with E-state index < -0.39 is 6.04 Å². The molecular formula is C21H19ClN2O4S2. The lowest BCUT2D eigenvalue weighted by atomic mass is 10.1. The average Bonchev–Trinajstić information content (AvgIpc) is 2.99. The van der Waals surface area contributed by atoms with Gasteiger partial charge in [-0.25, -0.2) is 0 Å². The maximum atomic E-state index is 12.9. The van der Waals surface area contributed by atoms with Crippen molar-refractivity contribution in [1.29, 1.82) is 0 Å². The van der Waals surface area contributed by atoms with Crippen LogP contribution in [0.15, 0.2) is 47.4 Å². The molecular weight excluding hydrogens is 444 g/mol. The van der Waals surface area contributed by atoms with E-state index in [4.69, 9.17) is 28.6 Å². The third kappa shape index (κ3) is 4.95. The molecule has 2 N–H and O–H groups in total. The molecule has 1 fully saturated rings. The number of carbonyl (C=O) groups excluding carboxylic acids is 2. The first-order chi connectivity index (χ1) is 14.3. The molecule has 0 radical (unpaired) electrons. The van der Waals surface area contributed by atoms with Gasteiger partial charge in [0.05, 0.1) is 11.5 Å². The van der Waals surface area contributed by atoms with Crippen molar-refractivity contribution in [2.24, 2.45) is 0 Å². The van der Waals surface area contributed by atoms with Crippen LogP contribution in [0.25, 0.3) is 6.08 Å². The lowest BCUT2D eigenvalue weighted by molar-refractivity contribution is -0.129. The van der Waals surface area contributed by atoms with E-state index in [2.05, 4.69) is 5.32 Å². The number of halogens is 1. The fourth-order valence-electron chi connectivity index (χ4n) is 2.75. The van der Waals surface area contributed by atoms with Gasteiger partial charge in [-0.3, -0.25) is 14.5 Å². The SMILES string of the molecule is CCOc1cc(/C=C2\SC(=S)N(C(C)C(=O)Nc3ccc(Cl)cc3)C2=O)ccc1O. The van der Waals surface area contributed by atoms with Crippen molar-refractivity contribution in [3.8, 4) is 11.5 Å². The Hall–Kier alpha value is -2.55. The monoisotopic (exact) mass is 462 g/mol. The summed E-state index contributed by atoms with van der Waals surface area (Å²) in [6.07, 6.45) is 1.66. The fraction of sp³-hybridized carbons (Fsp3) is 0.190. The van der Waals surface area contributed by atoms with Crippen LogP contribution in [0.3, 0.4) is 0 Å². The van der Waals surface area contributed by atoms with Gasteiger partial charge in [-0.2, -0.15) is 0 Å². The highest BCUT2D eigenvalue weighted by Gasteiger charge is 2.38. The number of hydrogen-bond acceptors (Lipinski definition) is 6. The molecule has 0 spiro atoms. The predicted molar refractivity (Wildman–Crippen MR) is 124 cm³/mol. The second kappa shape index (κ2) is 9.51. The van der Waals surface area contributed by atoms with Crippen molar-refractivity contribution < 1.29 is 19.4 Å². The first kappa shape index (κ1) is 22.1. The highest BCUT2D eigenvalue weighted by molar-refractivity contribution is 8.26. The molecule has 3 rings (SSSR count). The maximum Gasteiger partial charge on any atom is 0.266 e. The topological polar surface area (TPSA) is 78.9 Å².